The van der Waals surface area contributed by atoms with Gasteiger partial charge in [0.25, 0.3) is 0 Å². The minimum atomic E-state index is -0.00877. The van der Waals surface area contributed by atoms with E-state index in [1.165, 1.54) is 17.7 Å². The molecule has 1 aromatic heterocycles. The van der Waals surface area contributed by atoms with Gasteiger partial charge in [-0.2, -0.15) is 0 Å². The van der Waals surface area contributed by atoms with E-state index in [9.17, 15) is 0 Å². The minimum Gasteiger partial charge on any atom is -0.379 e. The summed E-state index contributed by atoms with van der Waals surface area (Å²) in [6, 6.07) is 4.81. The van der Waals surface area contributed by atoms with E-state index < -0.39 is 0 Å². The molecule has 3 nitrogen and oxygen atoms in total. The number of methoxy groups -OCH3 is 1. The SMILES string of the molecule is COC1CCCCC1(CN)N(Cc1cccs1)C(C)C. The van der Waals surface area contributed by atoms with Gasteiger partial charge in [-0.15, -0.1) is 11.3 Å². The van der Waals surface area contributed by atoms with Gasteiger partial charge in [-0.25, -0.2) is 0 Å². The number of hydrogen-bond acceptors (Lipinski definition) is 4. The highest BCUT2D eigenvalue weighted by molar-refractivity contribution is 7.09. The Kier molecular flexibility index (Phi) is 5.61. The van der Waals surface area contributed by atoms with E-state index in [-0.39, 0.29) is 11.6 Å². The van der Waals surface area contributed by atoms with Gasteiger partial charge in [-0.05, 0) is 38.1 Å². The van der Waals surface area contributed by atoms with Crippen LogP contribution in [0.4, 0.5) is 0 Å². The van der Waals surface area contributed by atoms with E-state index in [0.29, 0.717) is 12.6 Å². The summed E-state index contributed by atoms with van der Waals surface area (Å²) in [4.78, 5) is 3.98. The van der Waals surface area contributed by atoms with Gasteiger partial charge >= 0.3 is 0 Å². The molecule has 0 aliphatic heterocycles. The molecule has 0 radical (unpaired) electrons. The molecule has 2 rings (SSSR count). The van der Waals surface area contributed by atoms with Gasteiger partial charge in [0.15, 0.2) is 0 Å². The lowest BCUT2D eigenvalue weighted by Crippen LogP contribution is -2.64. The summed E-state index contributed by atoms with van der Waals surface area (Å²) in [6.45, 7) is 6.19. The van der Waals surface area contributed by atoms with Crippen LogP contribution in [0.5, 0.6) is 0 Å². The second-order valence-corrected chi connectivity index (χ2v) is 7.11. The minimum absolute atomic E-state index is 0.00877. The fourth-order valence-electron chi connectivity index (χ4n) is 3.63. The first-order valence-electron chi connectivity index (χ1n) is 7.66. The Morgan fingerprint density at radius 1 is 1.50 bits per heavy atom. The van der Waals surface area contributed by atoms with E-state index in [4.69, 9.17) is 10.5 Å². The molecule has 1 aromatic rings. The van der Waals surface area contributed by atoms with Crippen molar-refractivity contribution >= 4 is 11.3 Å². The maximum absolute atomic E-state index is 6.25. The average Bonchev–Trinajstić information content (AvgIpc) is 2.97. The lowest BCUT2D eigenvalue weighted by atomic mass is 9.76. The second kappa shape index (κ2) is 7.03. The summed E-state index contributed by atoms with van der Waals surface area (Å²) >= 11 is 1.83. The molecule has 1 saturated carbocycles. The molecule has 0 amide bonds. The van der Waals surface area contributed by atoms with Crippen LogP contribution < -0.4 is 5.73 Å². The van der Waals surface area contributed by atoms with Crippen LogP contribution in [-0.4, -0.2) is 36.2 Å². The van der Waals surface area contributed by atoms with Crippen LogP contribution in [0.1, 0.15) is 44.4 Å². The third-order valence-electron chi connectivity index (χ3n) is 4.66. The lowest BCUT2D eigenvalue weighted by molar-refractivity contribution is -0.0907. The number of nitrogens with zero attached hydrogens (tertiary/aromatic N) is 1. The van der Waals surface area contributed by atoms with Gasteiger partial charge in [0.1, 0.15) is 0 Å². The molecule has 1 heterocycles. The van der Waals surface area contributed by atoms with Gasteiger partial charge in [0.05, 0.1) is 11.6 Å². The number of hydrogen-bond donors (Lipinski definition) is 1. The molecule has 1 aliphatic rings. The predicted molar refractivity (Wildman–Crippen MR) is 86.0 cm³/mol. The van der Waals surface area contributed by atoms with Crippen LogP contribution in [0.2, 0.25) is 0 Å². The van der Waals surface area contributed by atoms with E-state index in [1.807, 2.05) is 18.4 Å². The topological polar surface area (TPSA) is 38.5 Å². The standard InChI is InChI=1S/C16H28N2OS/c1-13(2)18(11-14-7-6-10-20-14)16(12-17)9-5-4-8-15(16)19-3/h6-7,10,13,15H,4-5,8-9,11-12,17H2,1-3H3. The quantitative estimate of drug-likeness (QED) is 0.876. The Morgan fingerprint density at radius 2 is 2.30 bits per heavy atom. The molecule has 2 unspecified atom stereocenters. The first-order chi connectivity index (χ1) is 9.64. The van der Waals surface area contributed by atoms with E-state index >= 15 is 0 Å². The molecule has 20 heavy (non-hydrogen) atoms. The van der Waals surface area contributed by atoms with Gasteiger partial charge in [-0.1, -0.05) is 18.9 Å². The molecule has 2 atom stereocenters. The summed E-state index contributed by atoms with van der Waals surface area (Å²) in [5.41, 5.74) is 6.24. The Balaban J connectivity index is 2.27. The zero-order valence-electron chi connectivity index (χ0n) is 13.0. The Labute approximate surface area is 127 Å². The summed E-state index contributed by atoms with van der Waals surface area (Å²) in [6.07, 6.45) is 5.03. The predicted octanol–water partition coefficient (Wildman–Crippen LogP) is 3.25. The summed E-state index contributed by atoms with van der Waals surface area (Å²) < 4.78 is 5.83. The number of thiophene rings is 1. The van der Waals surface area contributed by atoms with Gasteiger partial charge in [0.2, 0.25) is 0 Å². The van der Waals surface area contributed by atoms with Crippen LogP contribution in [0.3, 0.4) is 0 Å². The van der Waals surface area contributed by atoms with E-state index in [0.717, 1.165) is 19.4 Å². The van der Waals surface area contributed by atoms with Crippen LogP contribution in [0, 0.1) is 0 Å². The van der Waals surface area contributed by atoms with Crippen LogP contribution in [0.25, 0.3) is 0 Å². The summed E-state index contributed by atoms with van der Waals surface area (Å²) in [5.74, 6) is 0. The zero-order valence-corrected chi connectivity index (χ0v) is 13.8. The Bertz CT molecular complexity index is 393. The number of nitrogens with two attached hydrogens (primary N) is 1. The third kappa shape index (κ3) is 3.08. The number of ether oxygens (including phenoxy) is 1. The van der Waals surface area contributed by atoms with Gasteiger partial charge < -0.3 is 10.5 Å². The Morgan fingerprint density at radius 3 is 2.85 bits per heavy atom. The fraction of sp³-hybridized carbons (Fsp3) is 0.750. The average molecular weight is 296 g/mol. The molecule has 114 valence electrons. The summed E-state index contributed by atoms with van der Waals surface area (Å²) in [7, 11) is 1.84. The molecule has 4 heteroatoms. The first kappa shape index (κ1) is 16.0. The van der Waals surface area contributed by atoms with E-state index in [1.54, 1.807) is 0 Å². The third-order valence-corrected chi connectivity index (χ3v) is 5.53. The molecule has 0 bridgehead atoms. The van der Waals surface area contributed by atoms with Crippen molar-refractivity contribution in [3.63, 3.8) is 0 Å². The van der Waals surface area contributed by atoms with Crippen molar-refractivity contribution < 1.29 is 4.74 Å². The lowest BCUT2D eigenvalue weighted by Gasteiger charge is -2.52. The maximum atomic E-state index is 6.25. The monoisotopic (exact) mass is 296 g/mol. The second-order valence-electron chi connectivity index (χ2n) is 6.08. The highest BCUT2D eigenvalue weighted by Gasteiger charge is 2.45. The van der Waals surface area contributed by atoms with Crippen molar-refractivity contribution in [3.05, 3.63) is 22.4 Å². The first-order valence-corrected chi connectivity index (χ1v) is 8.54. The van der Waals surface area contributed by atoms with Crippen LogP contribution in [0.15, 0.2) is 17.5 Å². The largest absolute Gasteiger partial charge is 0.379 e. The van der Waals surface area contributed by atoms with E-state index in [2.05, 4.69) is 36.3 Å². The van der Waals surface area contributed by atoms with Crippen molar-refractivity contribution in [3.8, 4) is 0 Å². The van der Waals surface area contributed by atoms with Crippen molar-refractivity contribution in [1.82, 2.24) is 4.90 Å². The van der Waals surface area contributed by atoms with Crippen molar-refractivity contribution in [2.45, 2.75) is 63.8 Å². The van der Waals surface area contributed by atoms with Crippen molar-refractivity contribution in [1.29, 1.82) is 0 Å². The smallest absolute Gasteiger partial charge is 0.0767 e. The highest BCUT2D eigenvalue weighted by atomic mass is 32.1. The molecule has 2 N–H and O–H groups in total. The van der Waals surface area contributed by atoms with Crippen LogP contribution >= 0.6 is 11.3 Å². The normalized spacial score (nSPS) is 27.4. The van der Waals surface area contributed by atoms with Gasteiger partial charge in [0, 0.05) is 31.1 Å². The zero-order chi connectivity index (χ0) is 14.6. The maximum Gasteiger partial charge on any atom is 0.0767 e. The molecule has 0 spiro atoms. The summed E-state index contributed by atoms with van der Waals surface area (Å²) in [5, 5.41) is 2.15. The van der Waals surface area contributed by atoms with Gasteiger partial charge in [-0.3, -0.25) is 4.90 Å². The molecule has 1 aliphatic carbocycles. The number of rotatable bonds is 6. The highest BCUT2D eigenvalue weighted by Crippen LogP contribution is 2.37. The molecule has 0 saturated heterocycles. The van der Waals surface area contributed by atoms with Crippen molar-refractivity contribution in [2.75, 3.05) is 13.7 Å². The fourth-order valence-corrected chi connectivity index (χ4v) is 4.33. The van der Waals surface area contributed by atoms with Crippen LogP contribution in [-0.2, 0) is 11.3 Å². The Hall–Kier alpha value is -0.420. The molecular weight excluding hydrogens is 268 g/mol. The molecule has 1 fully saturated rings. The van der Waals surface area contributed by atoms with Crippen molar-refractivity contribution in [2.24, 2.45) is 5.73 Å². The molecule has 0 aromatic carbocycles. The molecular formula is C16H28N2OS.